The van der Waals surface area contributed by atoms with Crippen LogP contribution >= 0.6 is 22.6 Å². The number of hydrogen-bond acceptors (Lipinski definition) is 6. The molecule has 0 aliphatic rings. The van der Waals surface area contributed by atoms with Gasteiger partial charge in [-0.05, 0) is 61.6 Å². The number of carbonyl (C=O) groups is 2. The van der Waals surface area contributed by atoms with Crippen molar-refractivity contribution in [1.82, 2.24) is 5.32 Å². The monoisotopic (exact) mass is 619 g/mol. The second kappa shape index (κ2) is 9.44. The van der Waals surface area contributed by atoms with E-state index in [-0.39, 0.29) is 9.26 Å². The van der Waals surface area contributed by atoms with E-state index in [0.717, 1.165) is 23.1 Å². The number of halogens is 7. The van der Waals surface area contributed by atoms with E-state index < -0.39 is 56.9 Å². The van der Waals surface area contributed by atoms with Gasteiger partial charge in [-0.25, -0.2) is 13.2 Å². The molecule has 16 heteroatoms. The van der Waals surface area contributed by atoms with E-state index in [1.807, 2.05) is 0 Å². The lowest BCUT2D eigenvalue weighted by molar-refractivity contribution is -0.296. The Balaban J connectivity index is 3.38. The Bertz CT molecular complexity index is 1010. The first kappa shape index (κ1) is 29.2. The third-order valence-electron chi connectivity index (χ3n) is 3.93. The summed E-state index contributed by atoms with van der Waals surface area (Å²) >= 11 is 1.58. The minimum absolute atomic E-state index is 0.0645. The predicted molar refractivity (Wildman–Crippen MR) is 111 cm³/mol. The van der Waals surface area contributed by atoms with Crippen molar-refractivity contribution >= 4 is 50.4 Å². The molecule has 1 N–H and O–H groups in total. The lowest BCUT2D eigenvalue weighted by Crippen LogP contribution is -2.70. The van der Waals surface area contributed by atoms with E-state index in [4.69, 9.17) is 4.74 Å². The SMILES string of the molecule is CN(C(=O)OC(C)(C)C)c1ccc(C(=O)NC(CS(=O)(=O)[O-])(C(F)(F)F)C(F)(F)F)cc1I. The third-order valence-corrected chi connectivity index (χ3v) is 5.58. The lowest BCUT2D eigenvalue weighted by atomic mass is 9.99. The maximum Gasteiger partial charge on any atom is 0.421 e. The Labute approximate surface area is 198 Å². The van der Waals surface area contributed by atoms with Crippen molar-refractivity contribution in [2.45, 2.75) is 44.3 Å². The average molecular weight is 619 g/mol. The van der Waals surface area contributed by atoms with Crippen LogP contribution in [0.4, 0.5) is 36.8 Å². The first-order valence-electron chi connectivity index (χ1n) is 8.66. The fourth-order valence-electron chi connectivity index (χ4n) is 2.38. The number of nitrogens with one attached hydrogen (secondary N) is 1. The first-order chi connectivity index (χ1) is 14.5. The number of alkyl halides is 6. The van der Waals surface area contributed by atoms with Crippen molar-refractivity contribution in [3.8, 4) is 0 Å². The van der Waals surface area contributed by atoms with Gasteiger partial charge >= 0.3 is 18.4 Å². The molecule has 0 aliphatic heterocycles. The van der Waals surface area contributed by atoms with Gasteiger partial charge in [0.15, 0.2) is 0 Å². The molecular formula is C17H18F6IN2O6S-. The Morgan fingerprint density at radius 2 is 1.58 bits per heavy atom. The summed E-state index contributed by atoms with van der Waals surface area (Å²) in [5.74, 6) is -4.94. The summed E-state index contributed by atoms with van der Waals surface area (Å²) in [4.78, 5) is 25.4. The quantitative estimate of drug-likeness (QED) is 0.305. The van der Waals surface area contributed by atoms with Gasteiger partial charge in [0.25, 0.3) is 5.91 Å². The van der Waals surface area contributed by atoms with Gasteiger partial charge in [-0.3, -0.25) is 9.69 Å². The van der Waals surface area contributed by atoms with E-state index in [0.29, 0.717) is 5.32 Å². The van der Waals surface area contributed by atoms with E-state index in [1.54, 1.807) is 43.4 Å². The molecule has 8 nitrogen and oxygen atoms in total. The number of hydrogen-bond donors (Lipinski definition) is 1. The van der Waals surface area contributed by atoms with Gasteiger partial charge < -0.3 is 14.6 Å². The van der Waals surface area contributed by atoms with Crippen LogP contribution < -0.4 is 10.2 Å². The molecule has 0 atom stereocenters. The van der Waals surface area contributed by atoms with Crippen molar-refractivity contribution < 1.29 is 53.6 Å². The predicted octanol–water partition coefficient (Wildman–Crippen LogP) is 3.80. The van der Waals surface area contributed by atoms with E-state index >= 15 is 0 Å². The summed E-state index contributed by atoms with van der Waals surface area (Å²) in [6.45, 7) is 4.77. The summed E-state index contributed by atoms with van der Waals surface area (Å²) in [5, 5.41) is 0.636. The van der Waals surface area contributed by atoms with Crippen LogP contribution in [-0.2, 0) is 14.9 Å². The molecule has 0 spiro atoms. The van der Waals surface area contributed by atoms with Crippen molar-refractivity contribution in [3.05, 3.63) is 27.3 Å². The largest absolute Gasteiger partial charge is 0.748 e. The molecule has 0 saturated heterocycles. The van der Waals surface area contributed by atoms with E-state index in [1.165, 1.54) is 7.05 Å². The van der Waals surface area contributed by atoms with Gasteiger partial charge in [0.1, 0.15) is 5.60 Å². The van der Waals surface area contributed by atoms with Gasteiger partial charge in [-0.15, -0.1) is 0 Å². The second-order valence-electron chi connectivity index (χ2n) is 7.76. The molecule has 0 heterocycles. The molecule has 0 radical (unpaired) electrons. The van der Waals surface area contributed by atoms with Crippen molar-refractivity contribution in [2.75, 3.05) is 17.7 Å². The number of rotatable bonds is 5. The molecule has 0 unspecified atom stereocenters. The number of nitrogens with zero attached hydrogens (tertiary/aromatic N) is 1. The van der Waals surface area contributed by atoms with Crippen LogP contribution in [0.1, 0.15) is 31.1 Å². The number of ether oxygens (including phenoxy) is 1. The van der Waals surface area contributed by atoms with Crippen LogP contribution in [0, 0.1) is 3.57 Å². The Kier molecular flexibility index (Phi) is 8.35. The summed E-state index contributed by atoms with van der Waals surface area (Å²) in [7, 11) is -4.81. The summed E-state index contributed by atoms with van der Waals surface area (Å²) < 4.78 is 118. The fourth-order valence-corrected chi connectivity index (χ4v) is 4.19. The maximum atomic E-state index is 13.4. The van der Waals surface area contributed by atoms with Gasteiger partial charge in [-0.1, -0.05) is 0 Å². The molecule has 1 rings (SSSR count). The first-order valence-corrected chi connectivity index (χ1v) is 11.3. The van der Waals surface area contributed by atoms with Crippen molar-refractivity contribution in [3.63, 3.8) is 0 Å². The van der Waals surface area contributed by atoms with Crippen LogP contribution in [0.5, 0.6) is 0 Å². The zero-order chi connectivity index (χ0) is 26.2. The van der Waals surface area contributed by atoms with Crippen LogP contribution in [-0.4, -0.2) is 61.3 Å². The van der Waals surface area contributed by atoms with Gasteiger partial charge in [-0.2, -0.15) is 26.3 Å². The smallest absolute Gasteiger partial charge is 0.421 e. The average Bonchev–Trinajstić information content (AvgIpc) is 2.55. The van der Waals surface area contributed by atoms with E-state index in [2.05, 4.69) is 0 Å². The molecule has 33 heavy (non-hydrogen) atoms. The Hall–Kier alpha value is -1.82. The molecule has 2 amide bonds. The van der Waals surface area contributed by atoms with Gasteiger partial charge in [0.2, 0.25) is 5.54 Å². The number of carbonyl (C=O) groups excluding carboxylic acids is 2. The topological polar surface area (TPSA) is 116 Å². The zero-order valence-electron chi connectivity index (χ0n) is 17.4. The Morgan fingerprint density at radius 3 is 1.94 bits per heavy atom. The normalized spacial score (nSPS) is 13.5. The molecular weight excluding hydrogens is 601 g/mol. The van der Waals surface area contributed by atoms with Gasteiger partial charge in [0.05, 0.1) is 21.6 Å². The molecule has 0 aromatic heterocycles. The van der Waals surface area contributed by atoms with Crippen LogP contribution in [0.2, 0.25) is 0 Å². The standard InChI is InChI=1S/C17H19F6IN2O6S/c1-14(2,3)32-13(28)26(4)11-6-5-9(7-10(11)24)12(27)25-15(16(18,19)20,17(21,22)23)8-33(29,30)31/h5-7H,8H2,1-4H3,(H,25,27)(H,29,30,31)/p-1. The molecule has 188 valence electrons. The zero-order valence-corrected chi connectivity index (χ0v) is 20.4. The molecule has 0 fully saturated rings. The molecule has 0 saturated carbocycles. The summed E-state index contributed by atoms with van der Waals surface area (Å²) in [5.41, 5.74) is -6.81. The van der Waals surface area contributed by atoms with Crippen molar-refractivity contribution in [1.29, 1.82) is 0 Å². The highest BCUT2D eigenvalue weighted by molar-refractivity contribution is 14.1. The second-order valence-corrected chi connectivity index (χ2v) is 10.3. The summed E-state index contributed by atoms with van der Waals surface area (Å²) in [6, 6.07) is 2.75. The highest BCUT2D eigenvalue weighted by Crippen LogP contribution is 2.44. The van der Waals surface area contributed by atoms with Gasteiger partial charge in [0, 0.05) is 16.2 Å². The van der Waals surface area contributed by atoms with Crippen LogP contribution in [0.3, 0.4) is 0 Å². The van der Waals surface area contributed by atoms with E-state index in [9.17, 15) is 48.9 Å². The fraction of sp³-hybridized carbons (Fsp3) is 0.529. The lowest BCUT2D eigenvalue weighted by Gasteiger charge is -2.38. The minimum Gasteiger partial charge on any atom is -0.748 e. The number of amides is 2. The molecule has 1 aromatic carbocycles. The number of anilines is 1. The Morgan fingerprint density at radius 1 is 1.09 bits per heavy atom. The molecule has 0 aliphatic carbocycles. The minimum atomic E-state index is -6.37. The third kappa shape index (κ3) is 7.33. The molecule has 0 bridgehead atoms. The highest BCUT2D eigenvalue weighted by Gasteiger charge is 2.72. The van der Waals surface area contributed by atoms with Crippen LogP contribution in [0.15, 0.2) is 18.2 Å². The van der Waals surface area contributed by atoms with Crippen molar-refractivity contribution in [2.24, 2.45) is 0 Å². The highest BCUT2D eigenvalue weighted by atomic mass is 127. The maximum absolute atomic E-state index is 13.4. The molecule has 1 aromatic rings. The number of benzene rings is 1. The van der Waals surface area contributed by atoms with Crippen LogP contribution in [0.25, 0.3) is 0 Å². The summed E-state index contributed by atoms with van der Waals surface area (Å²) in [6.07, 6.45) is -13.6.